The lowest BCUT2D eigenvalue weighted by atomic mass is 9.81. The highest BCUT2D eigenvalue weighted by atomic mass is 16.4. The lowest BCUT2D eigenvalue weighted by Crippen LogP contribution is -2.14. The van der Waals surface area contributed by atoms with Gasteiger partial charge in [-0.15, -0.1) is 0 Å². The lowest BCUT2D eigenvalue weighted by molar-refractivity contribution is -0.138. The Hall–Kier alpha value is -1.90. The van der Waals surface area contributed by atoms with Crippen LogP contribution in [0.1, 0.15) is 67.2 Å². The van der Waals surface area contributed by atoms with Gasteiger partial charge in [-0.25, -0.2) is 0 Å². The van der Waals surface area contributed by atoms with Crippen LogP contribution >= 0.6 is 0 Å². The number of rotatable bonds is 3. The van der Waals surface area contributed by atoms with Gasteiger partial charge < -0.3 is 5.11 Å². The molecule has 0 fully saturated rings. The Morgan fingerprint density at radius 2 is 1.73 bits per heavy atom. The van der Waals surface area contributed by atoms with Gasteiger partial charge in [0, 0.05) is 6.42 Å². The predicted octanol–water partition coefficient (Wildman–Crippen LogP) is 3.89. The second-order valence-corrected chi connectivity index (χ2v) is 6.46. The number of aryl methyl sites for hydroxylation is 2. The van der Waals surface area contributed by atoms with Crippen molar-refractivity contribution in [2.45, 2.75) is 57.8 Å². The quantitative estimate of drug-likeness (QED) is 0.921. The topological polar surface area (TPSA) is 54.4 Å². The molecule has 0 radical (unpaired) electrons. The molecule has 0 amide bonds. The first-order valence-corrected chi connectivity index (χ1v) is 8.18. The molecular weight excluding hydrogens is 276 g/mol. The molecule has 1 atom stereocenters. The SMILES string of the molecule is CC(C(=O)O)c1cc2c(cc1C1=CC(=O)CCC1)CCCC2. The zero-order chi connectivity index (χ0) is 15.7. The average Bonchev–Trinajstić information content (AvgIpc) is 2.52. The first kappa shape index (κ1) is 15.0. The first-order chi connectivity index (χ1) is 10.6. The van der Waals surface area contributed by atoms with Crippen LogP contribution in [0.25, 0.3) is 5.57 Å². The van der Waals surface area contributed by atoms with Gasteiger partial charge in [0.2, 0.25) is 0 Å². The molecule has 0 saturated heterocycles. The number of allylic oxidation sites excluding steroid dienone is 2. The molecule has 1 unspecified atom stereocenters. The molecule has 3 heteroatoms. The minimum Gasteiger partial charge on any atom is -0.481 e. The van der Waals surface area contributed by atoms with Crippen LogP contribution in [0, 0.1) is 0 Å². The molecule has 2 aliphatic carbocycles. The van der Waals surface area contributed by atoms with E-state index in [4.69, 9.17) is 0 Å². The zero-order valence-corrected chi connectivity index (χ0v) is 13.0. The van der Waals surface area contributed by atoms with Crippen LogP contribution in [-0.2, 0) is 22.4 Å². The molecule has 1 aromatic carbocycles. The van der Waals surface area contributed by atoms with Gasteiger partial charge in [-0.1, -0.05) is 12.1 Å². The number of carboxylic acid groups (broad SMARTS) is 1. The van der Waals surface area contributed by atoms with E-state index in [9.17, 15) is 14.7 Å². The molecule has 0 heterocycles. The van der Waals surface area contributed by atoms with Gasteiger partial charge in [-0.2, -0.15) is 0 Å². The van der Waals surface area contributed by atoms with Gasteiger partial charge in [-0.3, -0.25) is 9.59 Å². The highest BCUT2D eigenvalue weighted by molar-refractivity contribution is 5.99. The van der Waals surface area contributed by atoms with Crippen LogP contribution < -0.4 is 0 Å². The number of carbonyl (C=O) groups is 2. The Balaban J connectivity index is 2.13. The number of ketones is 1. The molecule has 116 valence electrons. The average molecular weight is 298 g/mol. The zero-order valence-electron chi connectivity index (χ0n) is 13.0. The molecule has 3 nitrogen and oxygen atoms in total. The van der Waals surface area contributed by atoms with E-state index in [1.165, 1.54) is 24.0 Å². The summed E-state index contributed by atoms with van der Waals surface area (Å²) < 4.78 is 0. The number of hydrogen-bond acceptors (Lipinski definition) is 2. The minimum atomic E-state index is -0.806. The fourth-order valence-corrected chi connectivity index (χ4v) is 3.58. The lowest BCUT2D eigenvalue weighted by Gasteiger charge is -2.24. The van der Waals surface area contributed by atoms with E-state index in [1.807, 2.05) is 0 Å². The van der Waals surface area contributed by atoms with Crippen molar-refractivity contribution >= 4 is 17.3 Å². The Morgan fingerprint density at radius 3 is 2.36 bits per heavy atom. The van der Waals surface area contributed by atoms with Crippen molar-refractivity contribution < 1.29 is 14.7 Å². The number of hydrogen-bond donors (Lipinski definition) is 1. The van der Waals surface area contributed by atoms with Crippen LogP contribution in [0.3, 0.4) is 0 Å². The van der Waals surface area contributed by atoms with Crippen molar-refractivity contribution in [3.05, 3.63) is 40.5 Å². The van der Waals surface area contributed by atoms with Crippen LogP contribution in [0.5, 0.6) is 0 Å². The largest absolute Gasteiger partial charge is 0.481 e. The second kappa shape index (κ2) is 6.07. The van der Waals surface area contributed by atoms with Gasteiger partial charge in [0.25, 0.3) is 0 Å². The normalized spacial score (nSPS) is 19.3. The third-order valence-electron chi connectivity index (χ3n) is 4.90. The molecule has 0 spiro atoms. The number of carbonyl (C=O) groups excluding carboxylic acids is 1. The Kier molecular flexibility index (Phi) is 4.14. The summed E-state index contributed by atoms with van der Waals surface area (Å²) in [6.07, 6.45) is 8.53. The molecule has 22 heavy (non-hydrogen) atoms. The smallest absolute Gasteiger partial charge is 0.310 e. The van der Waals surface area contributed by atoms with Crippen LogP contribution in [0.2, 0.25) is 0 Å². The summed E-state index contributed by atoms with van der Waals surface area (Å²) in [6, 6.07) is 4.25. The van der Waals surface area contributed by atoms with Crippen LogP contribution in [0.4, 0.5) is 0 Å². The Labute approximate surface area is 131 Å². The van der Waals surface area contributed by atoms with E-state index >= 15 is 0 Å². The van der Waals surface area contributed by atoms with Gasteiger partial charge in [0.05, 0.1) is 5.92 Å². The van der Waals surface area contributed by atoms with Crippen LogP contribution in [-0.4, -0.2) is 16.9 Å². The molecule has 0 saturated carbocycles. The third kappa shape index (κ3) is 2.85. The van der Waals surface area contributed by atoms with Crippen LogP contribution in [0.15, 0.2) is 18.2 Å². The minimum absolute atomic E-state index is 0.160. The molecule has 0 bridgehead atoms. The maximum atomic E-state index is 11.8. The van der Waals surface area contributed by atoms with Gasteiger partial charge >= 0.3 is 5.97 Å². The number of carboxylic acids is 1. The fourth-order valence-electron chi connectivity index (χ4n) is 3.58. The summed E-state index contributed by atoms with van der Waals surface area (Å²) in [7, 11) is 0. The van der Waals surface area contributed by atoms with E-state index < -0.39 is 11.9 Å². The van der Waals surface area contributed by atoms with E-state index in [0.717, 1.165) is 42.4 Å². The molecule has 0 aromatic heterocycles. The summed E-state index contributed by atoms with van der Waals surface area (Å²) in [4.78, 5) is 23.2. The van der Waals surface area contributed by atoms with Gasteiger partial charge in [0.15, 0.2) is 5.78 Å². The van der Waals surface area contributed by atoms with Crippen molar-refractivity contribution in [3.63, 3.8) is 0 Å². The fraction of sp³-hybridized carbons (Fsp3) is 0.474. The third-order valence-corrected chi connectivity index (χ3v) is 4.90. The van der Waals surface area contributed by atoms with E-state index in [1.54, 1.807) is 13.0 Å². The summed E-state index contributed by atoms with van der Waals surface area (Å²) in [5.41, 5.74) is 5.51. The van der Waals surface area contributed by atoms with Crippen molar-refractivity contribution in [3.8, 4) is 0 Å². The van der Waals surface area contributed by atoms with Crippen molar-refractivity contribution in [2.24, 2.45) is 0 Å². The molecule has 0 aliphatic heterocycles. The summed E-state index contributed by atoms with van der Waals surface area (Å²) in [6.45, 7) is 1.74. The number of aliphatic carboxylic acids is 1. The molecule has 2 aliphatic rings. The Bertz CT molecular complexity index is 655. The van der Waals surface area contributed by atoms with Crippen molar-refractivity contribution in [1.29, 1.82) is 0 Å². The standard InChI is InChI=1S/C19H22O3/c1-12(19(21)22)17-10-13-5-2-3-6-14(13)11-18(17)15-7-4-8-16(20)9-15/h9-12H,2-8H2,1H3,(H,21,22). The highest BCUT2D eigenvalue weighted by Crippen LogP contribution is 2.35. The molecule has 1 N–H and O–H groups in total. The summed E-state index contributed by atoms with van der Waals surface area (Å²) >= 11 is 0. The first-order valence-electron chi connectivity index (χ1n) is 8.18. The Morgan fingerprint density at radius 1 is 1.05 bits per heavy atom. The maximum absolute atomic E-state index is 11.8. The molecule has 3 rings (SSSR count). The van der Waals surface area contributed by atoms with Crippen molar-refractivity contribution in [2.75, 3.05) is 0 Å². The van der Waals surface area contributed by atoms with Gasteiger partial charge in [-0.05, 0) is 79.4 Å². The van der Waals surface area contributed by atoms with E-state index in [0.29, 0.717) is 6.42 Å². The summed E-state index contributed by atoms with van der Waals surface area (Å²) in [5.74, 6) is -1.19. The molecular formula is C19H22O3. The predicted molar refractivity (Wildman–Crippen MR) is 86.0 cm³/mol. The summed E-state index contributed by atoms with van der Waals surface area (Å²) in [5, 5.41) is 9.43. The second-order valence-electron chi connectivity index (χ2n) is 6.46. The number of fused-ring (bicyclic) bond motifs is 1. The van der Waals surface area contributed by atoms with E-state index in [2.05, 4.69) is 12.1 Å². The monoisotopic (exact) mass is 298 g/mol. The maximum Gasteiger partial charge on any atom is 0.310 e. The van der Waals surface area contributed by atoms with Gasteiger partial charge in [0.1, 0.15) is 0 Å². The number of benzene rings is 1. The highest BCUT2D eigenvalue weighted by Gasteiger charge is 2.24. The van der Waals surface area contributed by atoms with E-state index in [-0.39, 0.29) is 5.78 Å². The van der Waals surface area contributed by atoms with Crippen molar-refractivity contribution in [1.82, 2.24) is 0 Å². The molecule has 1 aromatic rings.